The molecule has 0 amide bonds. The number of hydrogen-bond donors (Lipinski definition) is 2. The highest BCUT2D eigenvalue weighted by Crippen LogP contribution is 2.16. The van der Waals surface area contributed by atoms with Gasteiger partial charge in [0.2, 0.25) is 0 Å². The molecule has 20 heavy (non-hydrogen) atoms. The van der Waals surface area contributed by atoms with Gasteiger partial charge in [0, 0.05) is 13.2 Å². The summed E-state index contributed by atoms with van der Waals surface area (Å²) in [7, 11) is 1.64. The zero-order valence-corrected chi connectivity index (χ0v) is 13.4. The van der Waals surface area contributed by atoms with Gasteiger partial charge in [-0.2, -0.15) is 0 Å². The van der Waals surface area contributed by atoms with Crippen molar-refractivity contribution in [3.8, 4) is 0 Å². The Hall–Kier alpha value is -0.120. The molecule has 1 aliphatic carbocycles. The number of ether oxygens (including phenoxy) is 1. The zero-order valence-electron chi connectivity index (χ0n) is 13.4. The first-order valence-corrected chi connectivity index (χ1v) is 8.73. The van der Waals surface area contributed by atoms with Crippen molar-refractivity contribution in [2.45, 2.75) is 89.2 Å². The van der Waals surface area contributed by atoms with Crippen LogP contribution in [-0.2, 0) is 4.74 Å². The zero-order chi connectivity index (χ0) is 14.5. The molecule has 0 heterocycles. The number of aliphatic hydroxyl groups excluding tert-OH is 1. The molecular formula is C17H35NO2. The first kappa shape index (κ1) is 17.9. The van der Waals surface area contributed by atoms with E-state index in [0.717, 1.165) is 13.0 Å². The molecule has 1 atom stereocenters. The van der Waals surface area contributed by atoms with E-state index in [4.69, 9.17) is 4.74 Å². The van der Waals surface area contributed by atoms with Crippen LogP contribution < -0.4 is 5.32 Å². The molecule has 0 aliphatic heterocycles. The van der Waals surface area contributed by atoms with Crippen LogP contribution in [0.15, 0.2) is 0 Å². The first-order chi connectivity index (χ1) is 9.83. The molecule has 0 bridgehead atoms. The predicted octanol–water partition coefficient (Wildman–Crippen LogP) is 3.65. The molecule has 1 aliphatic rings. The summed E-state index contributed by atoms with van der Waals surface area (Å²) in [6.07, 6.45) is 15.7. The number of aliphatic hydroxyl groups is 1. The maximum Gasteiger partial charge on any atom is 0.0785 e. The summed E-state index contributed by atoms with van der Waals surface area (Å²) in [6.45, 7) is 1.36. The average Bonchev–Trinajstić information content (AvgIpc) is 2.41. The largest absolute Gasteiger partial charge is 0.391 e. The molecule has 0 aromatic rings. The second-order valence-electron chi connectivity index (χ2n) is 6.31. The van der Waals surface area contributed by atoms with Gasteiger partial charge in [0.25, 0.3) is 0 Å². The van der Waals surface area contributed by atoms with Crippen LogP contribution in [0, 0.1) is 0 Å². The highest BCUT2D eigenvalue weighted by atomic mass is 16.5. The molecule has 2 N–H and O–H groups in total. The van der Waals surface area contributed by atoms with Crippen LogP contribution in [0.25, 0.3) is 0 Å². The standard InChI is InChI=1S/C17H35NO2/c1-20-15-17(19)13-14-18-16-11-9-7-5-3-2-4-6-8-10-12-16/h16-19H,2-15H2,1H3. The van der Waals surface area contributed by atoms with Crippen LogP contribution >= 0.6 is 0 Å². The lowest BCUT2D eigenvalue weighted by atomic mass is 9.98. The lowest BCUT2D eigenvalue weighted by molar-refractivity contribution is 0.0588. The highest BCUT2D eigenvalue weighted by molar-refractivity contribution is 4.69. The summed E-state index contributed by atoms with van der Waals surface area (Å²) >= 11 is 0. The molecule has 3 nitrogen and oxygen atoms in total. The van der Waals surface area contributed by atoms with Crippen molar-refractivity contribution in [3.05, 3.63) is 0 Å². The van der Waals surface area contributed by atoms with Crippen LogP contribution in [0.5, 0.6) is 0 Å². The summed E-state index contributed by atoms with van der Waals surface area (Å²) < 4.78 is 4.96. The van der Waals surface area contributed by atoms with Crippen molar-refractivity contribution < 1.29 is 9.84 Å². The second-order valence-corrected chi connectivity index (χ2v) is 6.31. The van der Waals surface area contributed by atoms with Gasteiger partial charge in [-0.1, -0.05) is 57.8 Å². The van der Waals surface area contributed by atoms with Gasteiger partial charge in [-0.05, 0) is 25.8 Å². The molecule has 0 spiro atoms. The fourth-order valence-electron chi connectivity index (χ4n) is 3.10. The van der Waals surface area contributed by atoms with Gasteiger partial charge in [0.05, 0.1) is 12.7 Å². The third-order valence-corrected chi connectivity index (χ3v) is 4.37. The topological polar surface area (TPSA) is 41.5 Å². The Balaban J connectivity index is 2.17. The Bertz CT molecular complexity index is 199. The van der Waals surface area contributed by atoms with Gasteiger partial charge in [-0.25, -0.2) is 0 Å². The maximum atomic E-state index is 9.66. The molecule has 0 saturated heterocycles. The van der Waals surface area contributed by atoms with Crippen molar-refractivity contribution >= 4 is 0 Å². The maximum absolute atomic E-state index is 9.66. The first-order valence-electron chi connectivity index (χ1n) is 8.73. The van der Waals surface area contributed by atoms with E-state index in [1.807, 2.05) is 0 Å². The van der Waals surface area contributed by atoms with E-state index in [0.29, 0.717) is 12.6 Å². The van der Waals surface area contributed by atoms with E-state index in [2.05, 4.69) is 5.32 Å². The van der Waals surface area contributed by atoms with Crippen molar-refractivity contribution in [2.75, 3.05) is 20.3 Å². The summed E-state index contributed by atoms with van der Waals surface area (Å²) in [5.74, 6) is 0. The molecule has 1 unspecified atom stereocenters. The van der Waals surface area contributed by atoms with Crippen LogP contribution in [0.4, 0.5) is 0 Å². The molecule has 1 saturated carbocycles. The third-order valence-electron chi connectivity index (χ3n) is 4.37. The van der Waals surface area contributed by atoms with E-state index < -0.39 is 0 Å². The molecule has 0 aromatic carbocycles. The van der Waals surface area contributed by atoms with Crippen LogP contribution in [0.1, 0.15) is 77.0 Å². The van der Waals surface area contributed by atoms with E-state index in [1.165, 1.54) is 70.6 Å². The van der Waals surface area contributed by atoms with Gasteiger partial charge in [-0.15, -0.1) is 0 Å². The molecular weight excluding hydrogens is 250 g/mol. The van der Waals surface area contributed by atoms with Crippen molar-refractivity contribution in [1.82, 2.24) is 5.32 Å². The fourth-order valence-corrected chi connectivity index (χ4v) is 3.10. The van der Waals surface area contributed by atoms with Gasteiger partial charge < -0.3 is 15.2 Å². The molecule has 3 heteroatoms. The quantitative estimate of drug-likeness (QED) is 0.783. The monoisotopic (exact) mass is 285 g/mol. The lowest BCUT2D eigenvalue weighted by Gasteiger charge is -2.20. The summed E-state index contributed by atoms with van der Waals surface area (Å²) in [6, 6.07) is 0.657. The molecule has 1 rings (SSSR count). The minimum absolute atomic E-state index is 0.321. The summed E-state index contributed by atoms with van der Waals surface area (Å²) in [5, 5.41) is 13.3. The van der Waals surface area contributed by atoms with Crippen molar-refractivity contribution in [3.63, 3.8) is 0 Å². The average molecular weight is 285 g/mol. The van der Waals surface area contributed by atoms with Gasteiger partial charge in [0.15, 0.2) is 0 Å². The SMILES string of the molecule is COCC(O)CCNC1CCCCCCCCCCC1. The smallest absolute Gasteiger partial charge is 0.0785 e. The minimum atomic E-state index is -0.321. The molecule has 120 valence electrons. The highest BCUT2D eigenvalue weighted by Gasteiger charge is 2.10. The summed E-state index contributed by atoms with van der Waals surface area (Å²) in [5.41, 5.74) is 0. The Kier molecular flexibility index (Phi) is 11.3. The Morgan fingerprint density at radius 2 is 1.45 bits per heavy atom. The molecule has 1 fully saturated rings. The van der Waals surface area contributed by atoms with E-state index >= 15 is 0 Å². The van der Waals surface area contributed by atoms with Crippen molar-refractivity contribution in [2.24, 2.45) is 0 Å². The van der Waals surface area contributed by atoms with E-state index in [9.17, 15) is 5.11 Å². The Labute approximate surface area is 125 Å². The Morgan fingerprint density at radius 3 is 1.95 bits per heavy atom. The van der Waals surface area contributed by atoms with Crippen LogP contribution in [-0.4, -0.2) is 37.5 Å². The van der Waals surface area contributed by atoms with Gasteiger partial charge in [0.1, 0.15) is 0 Å². The third kappa shape index (κ3) is 9.73. The molecule has 0 aromatic heterocycles. The number of methoxy groups -OCH3 is 1. The summed E-state index contributed by atoms with van der Waals surface area (Å²) in [4.78, 5) is 0. The minimum Gasteiger partial charge on any atom is -0.391 e. The lowest BCUT2D eigenvalue weighted by Crippen LogP contribution is -2.32. The van der Waals surface area contributed by atoms with E-state index in [-0.39, 0.29) is 6.10 Å². The Morgan fingerprint density at radius 1 is 0.950 bits per heavy atom. The van der Waals surface area contributed by atoms with Crippen LogP contribution in [0.2, 0.25) is 0 Å². The molecule has 0 radical (unpaired) electrons. The van der Waals surface area contributed by atoms with Crippen LogP contribution in [0.3, 0.4) is 0 Å². The number of hydrogen-bond acceptors (Lipinski definition) is 3. The van der Waals surface area contributed by atoms with Gasteiger partial charge in [-0.3, -0.25) is 0 Å². The van der Waals surface area contributed by atoms with E-state index in [1.54, 1.807) is 7.11 Å². The fraction of sp³-hybridized carbons (Fsp3) is 1.00. The second kappa shape index (κ2) is 12.6. The van der Waals surface area contributed by atoms with Gasteiger partial charge >= 0.3 is 0 Å². The number of rotatable bonds is 6. The normalized spacial score (nSPS) is 21.9. The van der Waals surface area contributed by atoms with Crippen molar-refractivity contribution in [1.29, 1.82) is 0 Å². The number of nitrogens with one attached hydrogen (secondary N) is 1. The predicted molar refractivity (Wildman–Crippen MR) is 85.1 cm³/mol.